The summed E-state index contributed by atoms with van der Waals surface area (Å²) in [6.45, 7) is 8.16. The highest BCUT2D eigenvalue weighted by Crippen LogP contribution is 2.33. The van der Waals surface area contributed by atoms with Crippen LogP contribution in [0.2, 0.25) is 0 Å². The monoisotopic (exact) mass is 356 g/mol. The summed E-state index contributed by atoms with van der Waals surface area (Å²) in [7, 11) is 0. The van der Waals surface area contributed by atoms with Gasteiger partial charge in [-0.05, 0) is 46.6 Å². The topological polar surface area (TPSA) is 24.9 Å². The van der Waals surface area contributed by atoms with Gasteiger partial charge in [0.2, 0.25) is 0 Å². The van der Waals surface area contributed by atoms with Gasteiger partial charge in [0.05, 0.1) is 10.2 Å². The van der Waals surface area contributed by atoms with Crippen molar-refractivity contribution in [1.82, 2.24) is 10.3 Å². The first-order valence-corrected chi connectivity index (χ1v) is 8.29. The van der Waals surface area contributed by atoms with Crippen LogP contribution in [0.3, 0.4) is 0 Å². The quantitative estimate of drug-likeness (QED) is 0.820. The highest BCUT2D eigenvalue weighted by Gasteiger charge is 2.15. The van der Waals surface area contributed by atoms with Gasteiger partial charge in [0.1, 0.15) is 10.8 Å². The molecule has 5 heteroatoms. The minimum absolute atomic E-state index is 0.248. The molecule has 0 aliphatic heterocycles. The van der Waals surface area contributed by atoms with Gasteiger partial charge in [0.25, 0.3) is 0 Å². The Bertz CT molecular complexity index is 596. The Morgan fingerprint density at radius 2 is 2.15 bits per heavy atom. The fraction of sp³-hybridized carbons (Fsp3) is 0.400. The van der Waals surface area contributed by atoms with Crippen LogP contribution in [-0.2, 0) is 6.54 Å². The molecule has 2 rings (SSSR count). The van der Waals surface area contributed by atoms with E-state index in [1.54, 1.807) is 23.5 Å². The summed E-state index contributed by atoms with van der Waals surface area (Å²) >= 11 is 4.91. The Hall–Kier alpha value is -0.780. The third kappa shape index (κ3) is 3.45. The molecular formula is C15H18BrFN2S. The number of aromatic nitrogens is 1. The van der Waals surface area contributed by atoms with Gasteiger partial charge in [0.15, 0.2) is 0 Å². The third-order valence-corrected chi connectivity index (χ3v) is 4.70. The predicted octanol–water partition coefficient (Wildman–Crippen LogP) is 4.94. The van der Waals surface area contributed by atoms with Gasteiger partial charge >= 0.3 is 0 Å². The summed E-state index contributed by atoms with van der Waals surface area (Å²) in [6, 6.07) is 5.04. The van der Waals surface area contributed by atoms with Crippen molar-refractivity contribution in [3.05, 3.63) is 39.1 Å². The maximum atomic E-state index is 13.3. The Labute approximate surface area is 131 Å². The lowest BCUT2D eigenvalue weighted by molar-refractivity contribution is 0.621. The van der Waals surface area contributed by atoms with Crippen molar-refractivity contribution in [1.29, 1.82) is 0 Å². The van der Waals surface area contributed by atoms with Crippen molar-refractivity contribution in [2.45, 2.75) is 33.2 Å². The van der Waals surface area contributed by atoms with Gasteiger partial charge in [-0.15, -0.1) is 11.3 Å². The van der Waals surface area contributed by atoms with Crippen LogP contribution >= 0.6 is 27.3 Å². The van der Waals surface area contributed by atoms with Crippen molar-refractivity contribution in [2.24, 2.45) is 0 Å². The fourth-order valence-electron chi connectivity index (χ4n) is 1.93. The lowest BCUT2D eigenvalue weighted by Gasteiger charge is -2.04. The van der Waals surface area contributed by atoms with Gasteiger partial charge in [-0.2, -0.15) is 0 Å². The SMILES string of the molecule is CCNCc1sc(-c2ccc(F)c(Br)c2)nc1C(C)C. The average molecular weight is 357 g/mol. The minimum Gasteiger partial charge on any atom is -0.312 e. The molecule has 20 heavy (non-hydrogen) atoms. The number of hydrogen-bond acceptors (Lipinski definition) is 3. The molecule has 2 aromatic rings. The van der Waals surface area contributed by atoms with Gasteiger partial charge in [-0.3, -0.25) is 0 Å². The van der Waals surface area contributed by atoms with Crippen molar-refractivity contribution >= 4 is 27.3 Å². The summed E-state index contributed by atoms with van der Waals surface area (Å²) in [4.78, 5) is 6.00. The summed E-state index contributed by atoms with van der Waals surface area (Å²) in [6.07, 6.45) is 0. The van der Waals surface area contributed by atoms with E-state index in [0.717, 1.165) is 29.4 Å². The van der Waals surface area contributed by atoms with Crippen LogP contribution in [0, 0.1) is 5.82 Å². The van der Waals surface area contributed by atoms with Gasteiger partial charge < -0.3 is 5.32 Å². The van der Waals surface area contributed by atoms with E-state index in [2.05, 4.69) is 42.0 Å². The van der Waals surface area contributed by atoms with E-state index < -0.39 is 0 Å². The number of thiazole rings is 1. The first-order valence-electron chi connectivity index (χ1n) is 6.68. The molecule has 0 aliphatic carbocycles. The van der Waals surface area contributed by atoms with Crippen molar-refractivity contribution < 1.29 is 4.39 Å². The number of nitrogens with zero attached hydrogens (tertiary/aromatic N) is 1. The summed E-state index contributed by atoms with van der Waals surface area (Å²) in [5, 5.41) is 4.29. The van der Waals surface area contributed by atoms with E-state index in [-0.39, 0.29) is 5.82 Å². The number of rotatable bonds is 5. The molecular weight excluding hydrogens is 339 g/mol. The first kappa shape index (κ1) is 15.6. The molecule has 0 unspecified atom stereocenters. The molecule has 0 fully saturated rings. The lowest BCUT2D eigenvalue weighted by atomic mass is 10.1. The second kappa shape index (κ2) is 6.78. The smallest absolute Gasteiger partial charge is 0.137 e. The molecule has 0 atom stereocenters. The van der Waals surface area contributed by atoms with Crippen LogP contribution in [-0.4, -0.2) is 11.5 Å². The van der Waals surface area contributed by atoms with Crippen LogP contribution in [0.1, 0.15) is 37.3 Å². The Kier molecular flexibility index (Phi) is 5.29. The summed E-state index contributed by atoms with van der Waals surface area (Å²) in [5.74, 6) is 0.139. The fourth-order valence-corrected chi connectivity index (χ4v) is 3.49. The van der Waals surface area contributed by atoms with E-state index in [1.165, 1.54) is 10.9 Å². The molecule has 0 bridgehead atoms. The number of halogens is 2. The van der Waals surface area contributed by atoms with Crippen LogP contribution in [0.4, 0.5) is 4.39 Å². The molecule has 0 radical (unpaired) electrons. The summed E-state index contributed by atoms with van der Waals surface area (Å²) < 4.78 is 13.8. The molecule has 0 aliphatic rings. The van der Waals surface area contributed by atoms with Crippen molar-refractivity contribution in [3.8, 4) is 10.6 Å². The highest BCUT2D eigenvalue weighted by molar-refractivity contribution is 9.10. The zero-order chi connectivity index (χ0) is 14.7. The van der Waals surface area contributed by atoms with Crippen molar-refractivity contribution in [2.75, 3.05) is 6.54 Å². The van der Waals surface area contributed by atoms with Crippen LogP contribution in [0.15, 0.2) is 22.7 Å². The van der Waals surface area contributed by atoms with Gasteiger partial charge in [0, 0.05) is 17.0 Å². The highest BCUT2D eigenvalue weighted by atomic mass is 79.9. The van der Waals surface area contributed by atoms with E-state index >= 15 is 0 Å². The molecule has 2 nitrogen and oxygen atoms in total. The zero-order valence-corrected chi connectivity index (χ0v) is 14.2. The third-order valence-electron chi connectivity index (χ3n) is 2.98. The standard InChI is InChI=1S/C15H18BrFN2S/c1-4-18-8-13-14(9(2)3)19-15(20-13)10-5-6-12(17)11(16)7-10/h5-7,9,18H,4,8H2,1-3H3. The van der Waals surface area contributed by atoms with Gasteiger partial charge in [-0.25, -0.2) is 9.37 Å². The van der Waals surface area contributed by atoms with Crippen molar-refractivity contribution in [3.63, 3.8) is 0 Å². The minimum atomic E-state index is -0.248. The molecule has 1 aromatic carbocycles. The summed E-state index contributed by atoms with van der Waals surface area (Å²) in [5.41, 5.74) is 2.08. The molecule has 0 spiro atoms. The second-order valence-corrected chi connectivity index (χ2v) is 6.83. The molecule has 0 saturated carbocycles. The molecule has 0 amide bonds. The largest absolute Gasteiger partial charge is 0.312 e. The van der Waals surface area contributed by atoms with Crippen LogP contribution < -0.4 is 5.32 Å². The van der Waals surface area contributed by atoms with E-state index in [1.807, 2.05) is 0 Å². The maximum Gasteiger partial charge on any atom is 0.137 e. The van der Waals surface area contributed by atoms with E-state index in [0.29, 0.717) is 10.4 Å². The van der Waals surface area contributed by atoms with E-state index in [4.69, 9.17) is 4.98 Å². The molecule has 1 aromatic heterocycles. The normalized spacial score (nSPS) is 11.3. The van der Waals surface area contributed by atoms with E-state index in [9.17, 15) is 4.39 Å². The second-order valence-electron chi connectivity index (χ2n) is 4.89. The maximum absolute atomic E-state index is 13.3. The van der Waals surface area contributed by atoms with Crippen LogP contribution in [0.5, 0.6) is 0 Å². The molecule has 1 N–H and O–H groups in total. The zero-order valence-electron chi connectivity index (χ0n) is 11.8. The Morgan fingerprint density at radius 3 is 2.75 bits per heavy atom. The number of benzene rings is 1. The Morgan fingerprint density at radius 1 is 1.40 bits per heavy atom. The molecule has 108 valence electrons. The number of hydrogen-bond donors (Lipinski definition) is 1. The number of nitrogens with one attached hydrogen (secondary N) is 1. The average Bonchev–Trinajstić information content (AvgIpc) is 2.84. The molecule has 1 heterocycles. The molecule has 0 saturated heterocycles. The Balaban J connectivity index is 2.38. The van der Waals surface area contributed by atoms with Crippen LogP contribution in [0.25, 0.3) is 10.6 Å². The predicted molar refractivity (Wildman–Crippen MR) is 86.7 cm³/mol. The first-order chi connectivity index (χ1) is 9.52. The lowest BCUT2D eigenvalue weighted by Crippen LogP contribution is -2.12. The van der Waals surface area contributed by atoms with Gasteiger partial charge in [-0.1, -0.05) is 20.8 Å².